The average Bonchev–Trinajstić information content (AvgIpc) is 3.09. The summed E-state index contributed by atoms with van der Waals surface area (Å²) >= 11 is 0. The molecule has 1 aromatic heterocycles. The Morgan fingerprint density at radius 3 is 2.31 bits per heavy atom. The number of hydrogen-bond donors (Lipinski definition) is 2. The summed E-state index contributed by atoms with van der Waals surface area (Å²) in [5, 5.41) is 14.8. The van der Waals surface area contributed by atoms with Gasteiger partial charge in [-0.25, -0.2) is 4.98 Å². The molecule has 29 heavy (non-hydrogen) atoms. The van der Waals surface area contributed by atoms with Crippen molar-refractivity contribution in [2.24, 2.45) is 7.05 Å². The van der Waals surface area contributed by atoms with E-state index in [0.29, 0.717) is 0 Å². The van der Waals surface area contributed by atoms with Crippen molar-refractivity contribution < 1.29 is 9.84 Å². The number of benzene rings is 3. The first-order chi connectivity index (χ1) is 14.1. The minimum Gasteiger partial charge on any atom is -0.497 e. The van der Waals surface area contributed by atoms with E-state index in [9.17, 15) is 5.11 Å². The van der Waals surface area contributed by atoms with E-state index in [1.807, 2.05) is 84.4 Å². The molecule has 0 aliphatic carbocycles. The smallest absolute Gasteiger partial charge is 0.135 e. The molecule has 148 valence electrons. The zero-order valence-corrected chi connectivity index (χ0v) is 16.8. The van der Waals surface area contributed by atoms with Crippen LogP contribution < -0.4 is 10.1 Å². The van der Waals surface area contributed by atoms with Gasteiger partial charge < -0.3 is 19.7 Å². The van der Waals surface area contributed by atoms with Crippen molar-refractivity contribution in [2.45, 2.75) is 19.1 Å². The number of fused-ring (bicyclic) bond motifs is 1. The molecule has 5 heteroatoms. The van der Waals surface area contributed by atoms with E-state index in [1.54, 1.807) is 7.11 Å². The van der Waals surface area contributed by atoms with Crippen LogP contribution in [0.3, 0.4) is 0 Å². The molecule has 0 spiro atoms. The summed E-state index contributed by atoms with van der Waals surface area (Å²) in [7, 11) is 3.61. The van der Waals surface area contributed by atoms with Gasteiger partial charge in [0.1, 0.15) is 23.7 Å². The number of aliphatic hydroxyl groups is 1. The van der Waals surface area contributed by atoms with Gasteiger partial charge in [0.2, 0.25) is 0 Å². The monoisotopic (exact) mass is 387 g/mol. The standard InChI is InChI=1S/C24H25N3O2/c1-16-8-12-18(13-9-16)25-22(23(28)17-10-14-19(29-3)15-11-17)24-26-20-6-4-5-7-21(20)27(24)2/h4-15,22-23,25,28H,1-3H3/t22-,23+/m1/s1. The highest BCUT2D eigenvalue weighted by Gasteiger charge is 2.27. The maximum absolute atomic E-state index is 11.3. The zero-order valence-electron chi connectivity index (χ0n) is 16.8. The van der Waals surface area contributed by atoms with Crippen molar-refractivity contribution in [3.63, 3.8) is 0 Å². The highest BCUT2D eigenvalue weighted by atomic mass is 16.5. The number of ether oxygens (including phenoxy) is 1. The van der Waals surface area contributed by atoms with Crippen LogP contribution in [0, 0.1) is 6.92 Å². The van der Waals surface area contributed by atoms with Gasteiger partial charge >= 0.3 is 0 Å². The second kappa shape index (κ2) is 7.97. The minimum absolute atomic E-state index is 0.427. The molecule has 0 bridgehead atoms. The Kier molecular flexibility index (Phi) is 5.23. The third-order valence-corrected chi connectivity index (χ3v) is 5.25. The van der Waals surface area contributed by atoms with Crippen LogP contribution in [0.4, 0.5) is 5.69 Å². The van der Waals surface area contributed by atoms with Gasteiger partial charge in [-0.15, -0.1) is 0 Å². The molecule has 0 saturated heterocycles. The largest absolute Gasteiger partial charge is 0.497 e. The molecular formula is C24H25N3O2. The number of para-hydroxylation sites is 2. The van der Waals surface area contributed by atoms with Crippen molar-refractivity contribution >= 4 is 16.7 Å². The van der Waals surface area contributed by atoms with E-state index in [1.165, 1.54) is 5.56 Å². The van der Waals surface area contributed by atoms with E-state index >= 15 is 0 Å². The van der Waals surface area contributed by atoms with Crippen molar-refractivity contribution in [1.82, 2.24) is 9.55 Å². The first-order valence-electron chi connectivity index (χ1n) is 9.63. The van der Waals surface area contributed by atoms with Crippen LogP contribution in [0.1, 0.15) is 29.1 Å². The predicted molar refractivity (Wildman–Crippen MR) is 116 cm³/mol. The van der Waals surface area contributed by atoms with Gasteiger partial charge in [-0.2, -0.15) is 0 Å². The van der Waals surface area contributed by atoms with Gasteiger partial charge in [0.15, 0.2) is 0 Å². The van der Waals surface area contributed by atoms with E-state index in [-0.39, 0.29) is 0 Å². The Bertz CT molecular complexity index is 1100. The molecule has 2 atom stereocenters. The first kappa shape index (κ1) is 19.0. The molecule has 0 fully saturated rings. The Hall–Kier alpha value is -3.31. The summed E-state index contributed by atoms with van der Waals surface area (Å²) in [6, 6.07) is 23.2. The van der Waals surface area contributed by atoms with Crippen LogP contribution in [0.25, 0.3) is 11.0 Å². The molecule has 0 amide bonds. The van der Waals surface area contributed by atoms with Gasteiger partial charge in [-0.05, 0) is 48.9 Å². The van der Waals surface area contributed by atoms with Crippen molar-refractivity contribution in [3.8, 4) is 5.75 Å². The fraction of sp³-hybridized carbons (Fsp3) is 0.208. The Morgan fingerprint density at radius 2 is 1.66 bits per heavy atom. The Morgan fingerprint density at radius 1 is 0.966 bits per heavy atom. The molecule has 2 N–H and O–H groups in total. The SMILES string of the molecule is COc1ccc([C@H](O)[C@@H](Nc2ccc(C)cc2)c2nc3ccccc3n2C)cc1. The van der Waals surface area contributed by atoms with Crippen LogP contribution in [-0.2, 0) is 7.05 Å². The quantitative estimate of drug-likeness (QED) is 0.500. The molecule has 0 radical (unpaired) electrons. The van der Waals surface area contributed by atoms with Gasteiger partial charge in [-0.1, -0.05) is 42.0 Å². The number of nitrogens with zero attached hydrogens (tertiary/aromatic N) is 2. The van der Waals surface area contributed by atoms with Crippen molar-refractivity contribution in [1.29, 1.82) is 0 Å². The molecule has 1 heterocycles. The lowest BCUT2D eigenvalue weighted by molar-refractivity contribution is 0.150. The van der Waals surface area contributed by atoms with E-state index in [2.05, 4.69) is 12.2 Å². The molecule has 0 unspecified atom stereocenters. The van der Waals surface area contributed by atoms with E-state index in [0.717, 1.165) is 33.9 Å². The lowest BCUT2D eigenvalue weighted by atomic mass is 10.0. The number of imidazole rings is 1. The topological polar surface area (TPSA) is 59.3 Å². The van der Waals surface area contributed by atoms with Crippen molar-refractivity contribution in [2.75, 3.05) is 12.4 Å². The average molecular weight is 387 g/mol. The molecule has 3 aromatic carbocycles. The zero-order chi connectivity index (χ0) is 20.4. The molecular weight excluding hydrogens is 362 g/mol. The number of nitrogens with one attached hydrogen (secondary N) is 1. The fourth-order valence-corrected chi connectivity index (χ4v) is 3.55. The van der Waals surface area contributed by atoms with Crippen LogP contribution >= 0.6 is 0 Å². The maximum Gasteiger partial charge on any atom is 0.135 e. The fourth-order valence-electron chi connectivity index (χ4n) is 3.55. The number of hydrogen-bond acceptors (Lipinski definition) is 4. The number of aryl methyl sites for hydroxylation is 2. The summed E-state index contributed by atoms with van der Waals surface area (Å²) in [5.41, 5.74) is 4.84. The second-order valence-electron chi connectivity index (χ2n) is 7.22. The summed E-state index contributed by atoms with van der Waals surface area (Å²) in [6.45, 7) is 2.05. The molecule has 0 saturated carbocycles. The molecule has 0 aliphatic heterocycles. The van der Waals surface area contributed by atoms with Gasteiger partial charge in [0, 0.05) is 12.7 Å². The normalized spacial score (nSPS) is 13.2. The number of aromatic nitrogens is 2. The highest BCUT2D eigenvalue weighted by molar-refractivity contribution is 5.76. The first-order valence-corrected chi connectivity index (χ1v) is 9.63. The number of aliphatic hydroxyl groups excluding tert-OH is 1. The van der Waals surface area contributed by atoms with Crippen LogP contribution in [0.5, 0.6) is 5.75 Å². The minimum atomic E-state index is -0.794. The summed E-state index contributed by atoms with van der Waals surface area (Å²) in [6.07, 6.45) is -0.794. The predicted octanol–water partition coefficient (Wildman–Crippen LogP) is 4.78. The molecule has 5 nitrogen and oxygen atoms in total. The van der Waals surface area contributed by atoms with Gasteiger partial charge in [0.05, 0.1) is 18.1 Å². The van der Waals surface area contributed by atoms with Crippen LogP contribution in [0.15, 0.2) is 72.8 Å². The van der Waals surface area contributed by atoms with Crippen LogP contribution in [-0.4, -0.2) is 21.8 Å². The second-order valence-corrected chi connectivity index (χ2v) is 7.22. The number of rotatable bonds is 6. The third-order valence-electron chi connectivity index (χ3n) is 5.25. The van der Waals surface area contributed by atoms with E-state index < -0.39 is 12.1 Å². The molecule has 0 aliphatic rings. The van der Waals surface area contributed by atoms with Crippen molar-refractivity contribution in [3.05, 3.63) is 89.7 Å². The Labute approximate surface area is 170 Å². The maximum atomic E-state index is 11.3. The van der Waals surface area contributed by atoms with E-state index in [4.69, 9.17) is 9.72 Å². The summed E-state index contributed by atoms with van der Waals surface area (Å²) in [4.78, 5) is 4.82. The number of anilines is 1. The lowest BCUT2D eigenvalue weighted by Crippen LogP contribution is -2.22. The summed E-state index contributed by atoms with van der Waals surface area (Å²) < 4.78 is 7.28. The third kappa shape index (κ3) is 3.82. The van der Waals surface area contributed by atoms with Gasteiger partial charge in [0.25, 0.3) is 0 Å². The number of methoxy groups -OCH3 is 1. The molecule has 4 rings (SSSR count). The van der Waals surface area contributed by atoms with Gasteiger partial charge in [-0.3, -0.25) is 0 Å². The van der Waals surface area contributed by atoms with Crippen LogP contribution in [0.2, 0.25) is 0 Å². The lowest BCUT2D eigenvalue weighted by Gasteiger charge is -2.25. The molecule has 4 aromatic rings. The Balaban J connectivity index is 1.76. The highest BCUT2D eigenvalue weighted by Crippen LogP contribution is 2.34. The summed E-state index contributed by atoms with van der Waals surface area (Å²) in [5.74, 6) is 1.53.